The highest BCUT2D eigenvalue weighted by Crippen LogP contribution is 2.22. The first-order valence-electron chi connectivity index (χ1n) is 9.74. The van der Waals surface area contributed by atoms with Crippen LogP contribution in [-0.2, 0) is 5.41 Å². The van der Waals surface area contributed by atoms with Crippen LogP contribution in [0.5, 0.6) is 0 Å². The van der Waals surface area contributed by atoms with Crippen LogP contribution >= 0.6 is 12.2 Å². The lowest BCUT2D eigenvalue weighted by Gasteiger charge is -2.19. The third kappa shape index (κ3) is 6.68. The molecule has 0 aliphatic heterocycles. The van der Waals surface area contributed by atoms with Gasteiger partial charge in [-0.3, -0.25) is 14.9 Å². The highest BCUT2D eigenvalue weighted by atomic mass is 32.1. The Morgan fingerprint density at radius 2 is 1.45 bits per heavy atom. The third-order valence-electron chi connectivity index (χ3n) is 4.64. The van der Waals surface area contributed by atoms with E-state index in [1.165, 1.54) is 0 Å². The molecule has 0 saturated heterocycles. The van der Waals surface area contributed by atoms with E-state index in [0.717, 1.165) is 12.0 Å². The average molecular weight is 412 g/mol. The van der Waals surface area contributed by atoms with Crippen molar-refractivity contribution in [2.75, 3.05) is 5.32 Å². The maximum Gasteiger partial charge on any atom is 0.257 e. The second-order valence-corrected chi connectivity index (χ2v) is 8.50. The van der Waals surface area contributed by atoms with Crippen molar-refractivity contribution in [3.8, 4) is 0 Å². The van der Waals surface area contributed by atoms with Gasteiger partial charge in [0.25, 0.3) is 11.8 Å². The first-order chi connectivity index (χ1) is 13.6. The van der Waals surface area contributed by atoms with Crippen LogP contribution in [0.3, 0.4) is 0 Å². The molecule has 2 amide bonds. The summed E-state index contributed by atoms with van der Waals surface area (Å²) in [5, 5.41) is 8.76. The zero-order valence-corrected chi connectivity index (χ0v) is 18.4. The minimum atomic E-state index is -0.271. The highest BCUT2D eigenvalue weighted by Gasteiger charge is 2.15. The monoisotopic (exact) mass is 411 g/mol. The SMILES string of the molecule is CCC(C)NC(=O)c1ccc(NC(=S)NC(=O)c2ccc(C(C)(C)C)cc2)cc1. The normalized spacial score (nSPS) is 12.0. The van der Waals surface area contributed by atoms with Gasteiger partial charge >= 0.3 is 0 Å². The molecule has 3 N–H and O–H groups in total. The summed E-state index contributed by atoms with van der Waals surface area (Å²) in [7, 11) is 0. The van der Waals surface area contributed by atoms with Crippen LogP contribution in [0.4, 0.5) is 5.69 Å². The molecule has 29 heavy (non-hydrogen) atoms. The number of amides is 2. The number of benzene rings is 2. The Morgan fingerprint density at radius 1 is 0.931 bits per heavy atom. The predicted octanol–water partition coefficient (Wildman–Crippen LogP) is 4.64. The molecule has 0 aromatic heterocycles. The van der Waals surface area contributed by atoms with E-state index >= 15 is 0 Å². The Kier molecular flexibility index (Phi) is 7.51. The fourth-order valence-electron chi connectivity index (χ4n) is 2.57. The molecule has 0 bridgehead atoms. The minimum Gasteiger partial charge on any atom is -0.350 e. The summed E-state index contributed by atoms with van der Waals surface area (Å²) in [6.45, 7) is 10.4. The predicted molar refractivity (Wildman–Crippen MR) is 122 cm³/mol. The van der Waals surface area contributed by atoms with Crippen molar-refractivity contribution < 1.29 is 9.59 Å². The summed E-state index contributed by atoms with van der Waals surface area (Å²) in [5.74, 6) is -0.381. The van der Waals surface area contributed by atoms with Gasteiger partial charge in [-0.15, -0.1) is 0 Å². The molecule has 0 spiro atoms. The summed E-state index contributed by atoms with van der Waals surface area (Å²) < 4.78 is 0. The van der Waals surface area contributed by atoms with Crippen LogP contribution < -0.4 is 16.0 Å². The molecule has 0 aliphatic rings. The van der Waals surface area contributed by atoms with Gasteiger partial charge < -0.3 is 10.6 Å². The van der Waals surface area contributed by atoms with E-state index in [4.69, 9.17) is 12.2 Å². The lowest BCUT2D eigenvalue weighted by atomic mass is 9.87. The first-order valence-corrected chi connectivity index (χ1v) is 10.1. The van der Waals surface area contributed by atoms with Crippen molar-refractivity contribution in [3.05, 3.63) is 65.2 Å². The Bertz CT molecular complexity index is 868. The number of hydrogen-bond acceptors (Lipinski definition) is 3. The van der Waals surface area contributed by atoms with Crippen molar-refractivity contribution in [1.29, 1.82) is 0 Å². The fraction of sp³-hybridized carbons (Fsp3) is 0.348. The van der Waals surface area contributed by atoms with Crippen molar-refractivity contribution in [3.63, 3.8) is 0 Å². The van der Waals surface area contributed by atoms with E-state index in [1.807, 2.05) is 26.0 Å². The lowest BCUT2D eigenvalue weighted by molar-refractivity contribution is 0.0937. The van der Waals surface area contributed by atoms with Crippen molar-refractivity contribution in [2.24, 2.45) is 0 Å². The molecule has 0 heterocycles. The molecule has 1 atom stereocenters. The summed E-state index contributed by atoms with van der Waals surface area (Å²) in [5.41, 5.74) is 3.00. The van der Waals surface area contributed by atoms with Crippen LogP contribution in [-0.4, -0.2) is 23.0 Å². The fourth-order valence-corrected chi connectivity index (χ4v) is 2.78. The number of anilines is 1. The van der Waals surface area contributed by atoms with Gasteiger partial charge in [0.15, 0.2) is 5.11 Å². The van der Waals surface area contributed by atoms with Gasteiger partial charge in [-0.25, -0.2) is 0 Å². The molecule has 0 aliphatic carbocycles. The quantitative estimate of drug-likeness (QED) is 0.627. The number of carbonyl (C=O) groups is 2. The standard InChI is InChI=1S/C23H29N3O2S/c1-6-15(2)24-20(27)17-9-13-19(14-10-17)25-22(29)26-21(28)16-7-11-18(12-8-16)23(3,4)5/h7-15H,6H2,1-5H3,(H,24,27)(H2,25,26,28,29). The topological polar surface area (TPSA) is 70.2 Å². The molecule has 0 saturated carbocycles. The molecule has 2 aromatic rings. The van der Waals surface area contributed by atoms with E-state index in [9.17, 15) is 9.59 Å². The average Bonchev–Trinajstić information content (AvgIpc) is 2.67. The van der Waals surface area contributed by atoms with Gasteiger partial charge in [0.05, 0.1) is 0 Å². The number of nitrogens with one attached hydrogen (secondary N) is 3. The molecule has 6 heteroatoms. The van der Waals surface area contributed by atoms with E-state index < -0.39 is 0 Å². The van der Waals surface area contributed by atoms with Crippen LogP contribution in [0.1, 0.15) is 67.3 Å². The maximum atomic E-state index is 12.4. The van der Waals surface area contributed by atoms with Crippen LogP contribution in [0.25, 0.3) is 0 Å². The second kappa shape index (κ2) is 9.65. The number of carbonyl (C=O) groups excluding carboxylic acids is 2. The summed E-state index contributed by atoms with van der Waals surface area (Å²) in [6.07, 6.45) is 0.873. The maximum absolute atomic E-state index is 12.4. The van der Waals surface area contributed by atoms with Gasteiger partial charge in [-0.1, -0.05) is 39.8 Å². The van der Waals surface area contributed by atoms with Gasteiger partial charge in [0.2, 0.25) is 0 Å². The molecule has 0 radical (unpaired) electrons. The Labute approximate surface area is 178 Å². The van der Waals surface area contributed by atoms with Gasteiger partial charge in [0, 0.05) is 22.9 Å². The summed E-state index contributed by atoms with van der Waals surface area (Å²) >= 11 is 5.23. The molecular weight excluding hydrogens is 382 g/mol. The second-order valence-electron chi connectivity index (χ2n) is 8.10. The molecule has 2 aromatic carbocycles. The van der Waals surface area contributed by atoms with Crippen LogP contribution in [0, 0.1) is 0 Å². The molecule has 0 fully saturated rings. The lowest BCUT2D eigenvalue weighted by Crippen LogP contribution is -2.34. The van der Waals surface area contributed by atoms with Gasteiger partial charge in [-0.2, -0.15) is 0 Å². The molecule has 1 unspecified atom stereocenters. The molecule has 154 valence electrons. The van der Waals surface area contributed by atoms with Gasteiger partial charge in [0.1, 0.15) is 0 Å². The van der Waals surface area contributed by atoms with Crippen molar-refractivity contribution in [2.45, 2.75) is 52.5 Å². The largest absolute Gasteiger partial charge is 0.350 e. The van der Waals surface area contributed by atoms with Crippen LogP contribution in [0.15, 0.2) is 48.5 Å². The van der Waals surface area contributed by atoms with E-state index in [2.05, 4.69) is 36.7 Å². The minimum absolute atomic E-state index is 0.0313. The molecular formula is C23H29N3O2S. The Hall–Kier alpha value is -2.73. The van der Waals surface area contributed by atoms with E-state index in [0.29, 0.717) is 16.8 Å². The Balaban J connectivity index is 1.93. The first kappa shape index (κ1) is 22.6. The van der Waals surface area contributed by atoms with E-state index in [-0.39, 0.29) is 28.4 Å². The smallest absolute Gasteiger partial charge is 0.257 e. The third-order valence-corrected chi connectivity index (χ3v) is 4.84. The summed E-state index contributed by atoms with van der Waals surface area (Å²) in [6, 6.07) is 14.6. The van der Waals surface area contributed by atoms with Crippen molar-refractivity contribution >= 4 is 34.8 Å². The number of hydrogen-bond donors (Lipinski definition) is 3. The highest BCUT2D eigenvalue weighted by molar-refractivity contribution is 7.80. The van der Waals surface area contributed by atoms with Gasteiger partial charge in [-0.05, 0) is 72.9 Å². The van der Waals surface area contributed by atoms with E-state index in [1.54, 1.807) is 36.4 Å². The number of thiocarbonyl (C=S) groups is 1. The summed E-state index contributed by atoms with van der Waals surface area (Å²) in [4.78, 5) is 24.5. The zero-order chi connectivity index (χ0) is 21.6. The van der Waals surface area contributed by atoms with Crippen LogP contribution in [0.2, 0.25) is 0 Å². The van der Waals surface area contributed by atoms with Crippen molar-refractivity contribution in [1.82, 2.24) is 10.6 Å². The Morgan fingerprint density at radius 3 is 1.97 bits per heavy atom. The molecule has 5 nitrogen and oxygen atoms in total. The molecule has 2 rings (SSSR count). The number of rotatable bonds is 5. The zero-order valence-electron chi connectivity index (χ0n) is 17.6.